The van der Waals surface area contributed by atoms with E-state index in [-0.39, 0.29) is 48.9 Å². The molecule has 43 heavy (non-hydrogen) atoms. The molecular formula is C32H30N2O7S2. The molecule has 11 heteroatoms. The number of allylic oxidation sites excluding steroid dienone is 2. The highest BCUT2D eigenvalue weighted by atomic mass is 32.1. The Morgan fingerprint density at radius 2 is 1.44 bits per heavy atom. The number of hydrogen-bond donors (Lipinski definition) is 1. The Morgan fingerprint density at radius 1 is 0.814 bits per heavy atom. The van der Waals surface area contributed by atoms with Gasteiger partial charge in [0.25, 0.3) is 0 Å². The number of imide groups is 2. The second-order valence-electron chi connectivity index (χ2n) is 11.5. The number of ether oxygens (including phenoxy) is 2. The van der Waals surface area contributed by atoms with Gasteiger partial charge in [0.1, 0.15) is 17.2 Å². The summed E-state index contributed by atoms with van der Waals surface area (Å²) in [4.78, 5) is 60.2. The largest absolute Gasteiger partial charge is 0.507 e. The molecule has 6 atom stereocenters. The predicted octanol–water partition coefficient (Wildman–Crippen LogP) is 4.57. The van der Waals surface area contributed by atoms with Gasteiger partial charge in [-0.15, -0.1) is 22.7 Å². The molecule has 2 aromatic heterocycles. The Kier molecular flexibility index (Phi) is 6.89. The minimum absolute atomic E-state index is 0.117. The van der Waals surface area contributed by atoms with Crippen molar-refractivity contribution in [1.82, 2.24) is 9.80 Å². The first-order chi connectivity index (χ1) is 20.8. The second kappa shape index (κ2) is 10.6. The van der Waals surface area contributed by atoms with Crippen LogP contribution < -0.4 is 9.47 Å². The molecule has 1 aromatic carbocycles. The van der Waals surface area contributed by atoms with Crippen LogP contribution >= 0.6 is 22.7 Å². The number of hydrogen-bond acceptors (Lipinski definition) is 9. The molecule has 1 N–H and O–H groups in total. The number of phenols is 1. The van der Waals surface area contributed by atoms with Crippen LogP contribution in [0.4, 0.5) is 0 Å². The fourth-order valence-electron chi connectivity index (χ4n) is 7.66. The predicted molar refractivity (Wildman–Crippen MR) is 158 cm³/mol. The molecule has 3 aromatic rings. The van der Waals surface area contributed by atoms with Gasteiger partial charge in [0, 0.05) is 33.4 Å². The van der Waals surface area contributed by atoms with Crippen molar-refractivity contribution >= 4 is 46.3 Å². The summed E-state index contributed by atoms with van der Waals surface area (Å²) in [6, 6.07) is 10.7. The van der Waals surface area contributed by atoms with E-state index in [0.717, 1.165) is 15.3 Å². The molecule has 1 saturated carbocycles. The van der Waals surface area contributed by atoms with Gasteiger partial charge in [0.2, 0.25) is 23.6 Å². The quantitative estimate of drug-likeness (QED) is 0.305. The highest BCUT2D eigenvalue weighted by Crippen LogP contribution is 2.60. The number of amides is 4. The summed E-state index contributed by atoms with van der Waals surface area (Å²) in [7, 11) is 2.96. The normalized spacial score (nSPS) is 28.1. The van der Waals surface area contributed by atoms with Crippen LogP contribution in [-0.4, -0.2) is 52.8 Å². The lowest BCUT2D eigenvalue weighted by molar-refractivity contribution is -0.142. The van der Waals surface area contributed by atoms with E-state index in [2.05, 4.69) is 0 Å². The van der Waals surface area contributed by atoms with Crippen molar-refractivity contribution in [2.24, 2.45) is 29.6 Å². The molecule has 7 rings (SSSR count). The number of carbonyl (C=O) groups excluding carboxylic acids is 4. The van der Waals surface area contributed by atoms with Crippen molar-refractivity contribution in [3.05, 3.63) is 74.1 Å². The van der Waals surface area contributed by atoms with E-state index in [1.165, 1.54) is 52.8 Å². The fraction of sp³-hybridized carbons (Fsp3) is 0.375. The summed E-state index contributed by atoms with van der Waals surface area (Å²) in [6.45, 7) is 0.390. The zero-order valence-electron chi connectivity index (χ0n) is 23.6. The van der Waals surface area contributed by atoms with Gasteiger partial charge in [-0.25, -0.2) is 0 Å². The molecule has 4 amide bonds. The molecule has 9 nitrogen and oxygen atoms in total. The van der Waals surface area contributed by atoms with Crippen molar-refractivity contribution in [3.8, 4) is 17.2 Å². The zero-order valence-corrected chi connectivity index (χ0v) is 25.2. The van der Waals surface area contributed by atoms with Gasteiger partial charge in [0.05, 0.1) is 51.0 Å². The lowest BCUT2D eigenvalue weighted by atomic mass is 9.57. The van der Waals surface area contributed by atoms with Crippen molar-refractivity contribution in [3.63, 3.8) is 0 Å². The SMILES string of the molecule is COc1cc(O)c([C@H]2C3=CC[C@@H]4C(=O)N(Cc5cccs5)C(=O)[C@@H]4[C@@H]3C[C@H]3C(=O)N(Cc4cccs4)C(=O)[C@@H]23)c(OC)c1. The minimum atomic E-state index is -0.783. The van der Waals surface area contributed by atoms with Crippen molar-refractivity contribution < 1.29 is 33.8 Å². The van der Waals surface area contributed by atoms with Gasteiger partial charge in [-0.1, -0.05) is 23.8 Å². The number of aromatic hydroxyl groups is 1. The standard InChI is InChI=1S/C32H30N2O7S2/c1-40-16-11-23(35)28(24(12-16)41-2)26-19-7-8-20-25(31(38)33(29(20)36)14-17-5-3-9-42-17)21(19)13-22-27(26)32(39)34(30(22)37)15-18-6-4-10-43-18/h3-7,9-12,20-22,25-27,35H,8,13-15H2,1-2H3/t20-,21+,22+,25-,26-,27+/m0/s1. The van der Waals surface area contributed by atoms with Crippen LogP contribution in [0, 0.1) is 29.6 Å². The smallest absolute Gasteiger partial charge is 0.234 e. The van der Waals surface area contributed by atoms with Gasteiger partial charge in [-0.3, -0.25) is 29.0 Å². The third-order valence-electron chi connectivity index (χ3n) is 9.48. The Morgan fingerprint density at radius 3 is 2.02 bits per heavy atom. The summed E-state index contributed by atoms with van der Waals surface area (Å²) >= 11 is 2.97. The minimum Gasteiger partial charge on any atom is -0.507 e. The molecule has 4 heterocycles. The van der Waals surface area contributed by atoms with E-state index < -0.39 is 35.5 Å². The number of rotatable bonds is 7. The molecule has 2 aliphatic carbocycles. The molecule has 0 unspecified atom stereocenters. The first kappa shape index (κ1) is 27.8. The summed E-state index contributed by atoms with van der Waals surface area (Å²) in [5, 5.41) is 15.2. The van der Waals surface area contributed by atoms with Crippen LogP contribution in [0.25, 0.3) is 0 Å². The van der Waals surface area contributed by atoms with E-state index in [1.54, 1.807) is 6.07 Å². The van der Waals surface area contributed by atoms with Crippen LogP contribution in [0.3, 0.4) is 0 Å². The maximum absolute atomic E-state index is 14.1. The van der Waals surface area contributed by atoms with Crippen molar-refractivity contribution in [2.75, 3.05) is 14.2 Å². The maximum atomic E-state index is 14.1. The number of phenolic OH excluding ortho intramolecular Hbond substituents is 1. The molecule has 0 spiro atoms. The molecule has 2 saturated heterocycles. The van der Waals surface area contributed by atoms with Gasteiger partial charge >= 0.3 is 0 Å². The lowest BCUT2D eigenvalue weighted by Gasteiger charge is -2.44. The van der Waals surface area contributed by atoms with E-state index in [0.29, 0.717) is 23.5 Å². The molecule has 3 fully saturated rings. The Bertz CT molecular complexity index is 1650. The van der Waals surface area contributed by atoms with Crippen LogP contribution in [0.15, 0.2) is 58.8 Å². The first-order valence-electron chi connectivity index (χ1n) is 14.2. The molecule has 0 bridgehead atoms. The number of nitrogens with zero attached hydrogens (tertiary/aromatic N) is 2. The molecule has 222 valence electrons. The maximum Gasteiger partial charge on any atom is 0.234 e. The number of methoxy groups -OCH3 is 2. The third-order valence-corrected chi connectivity index (χ3v) is 11.2. The second-order valence-corrected chi connectivity index (χ2v) is 13.5. The third kappa shape index (κ3) is 4.31. The average Bonchev–Trinajstić information content (AvgIpc) is 3.81. The van der Waals surface area contributed by atoms with Gasteiger partial charge in [-0.2, -0.15) is 0 Å². The lowest BCUT2D eigenvalue weighted by Crippen LogP contribution is -2.43. The highest BCUT2D eigenvalue weighted by molar-refractivity contribution is 7.10. The summed E-state index contributed by atoms with van der Waals surface area (Å²) in [6.07, 6.45) is 2.59. The Labute approximate surface area is 256 Å². The van der Waals surface area contributed by atoms with E-state index in [4.69, 9.17) is 9.47 Å². The Hall–Kier alpha value is -3.96. The molecule has 4 aliphatic rings. The van der Waals surface area contributed by atoms with Crippen LogP contribution in [0.2, 0.25) is 0 Å². The zero-order chi connectivity index (χ0) is 30.0. The van der Waals surface area contributed by atoms with Crippen LogP contribution in [0.1, 0.15) is 34.1 Å². The van der Waals surface area contributed by atoms with Crippen LogP contribution in [-0.2, 0) is 32.3 Å². The molecular weight excluding hydrogens is 588 g/mol. The number of benzene rings is 1. The monoisotopic (exact) mass is 618 g/mol. The average molecular weight is 619 g/mol. The number of carbonyl (C=O) groups is 4. The van der Waals surface area contributed by atoms with E-state index >= 15 is 0 Å². The van der Waals surface area contributed by atoms with Gasteiger partial charge < -0.3 is 14.6 Å². The summed E-state index contributed by atoms with van der Waals surface area (Å²) in [5.41, 5.74) is 1.19. The number of thiophene rings is 2. The van der Waals surface area contributed by atoms with Gasteiger partial charge in [-0.05, 0) is 41.7 Å². The topological polar surface area (TPSA) is 113 Å². The first-order valence-corrected chi connectivity index (χ1v) is 16.0. The van der Waals surface area contributed by atoms with Crippen LogP contribution in [0.5, 0.6) is 17.2 Å². The highest BCUT2D eigenvalue weighted by Gasteiger charge is 2.62. The van der Waals surface area contributed by atoms with E-state index in [9.17, 15) is 24.3 Å². The molecule has 0 radical (unpaired) electrons. The summed E-state index contributed by atoms with van der Waals surface area (Å²) < 4.78 is 11.1. The molecule has 2 aliphatic heterocycles. The van der Waals surface area contributed by atoms with Gasteiger partial charge in [0.15, 0.2) is 0 Å². The van der Waals surface area contributed by atoms with Crippen molar-refractivity contribution in [1.29, 1.82) is 0 Å². The van der Waals surface area contributed by atoms with Crippen molar-refractivity contribution in [2.45, 2.75) is 31.8 Å². The summed E-state index contributed by atoms with van der Waals surface area (Å²) in [5.74, 6) is -4.26. The Balaban J connectivity index is 1.33. The fourth-order valence-corrected chi connectivity index (χ4v) is 9.04. The number of likely N-dealkylation sites (tertiary alicyclic amines) is 2. The van der Waals surface area contributed by atoms with E-state index in [1.807, 2.05) is 41.1 Å². The number of fused-ring (bicyclic) bond motifs is 4.